The van der Waals surface area contributed by atoms with E-state index in [1.54, 1.807) is 0 Å². The van der Waals surface area contributed by atoms with E-state index in [0.717, 1.165) is 29.9 Å². The summed E-state index contributed by atoms with van der Waals surface area (Å²) in [6.07, 6.45) is 2.16. The van der Waals surface area contributed by atoms with Crippen molar-refractivity contribution in [1.29, 1.82) is 0 Å². The highest BCUT2D eigenvalue weighted by molar-refractivity contribution is 7.99. The van der Waals surface area contributed by atoms with Crippen LogP contribution in [0.3, 0.4) is 0 Å². The fourth-order valence-electron chi connectivity index (χ4n) is 2.28. The number of aliphatic carboxylic acids is 1. The molecule has 1 saturated heterocycles. The number of benzene rings is 1. The molecule has 1 aromatic rings. The van der Waals surface area contributed by atoms with Crippen LogP contribution in [0.5, 0.6) is 0 Å². The minimum Gasteiger partial charge on any atom is -0.480 e. The predicted molar refractivity (Wildman–Crippen MR) is 83.6 cm³/mol. The van der Waals surface area contributed by atoms with Crippen LogP contribution in [0.1, 0.15) is 18.4 Å². The van der Waals surface area contributed by atoms with Gasteiger partial charge in [0, 0.05) is 12.5 Å². The summed E-state index contributed by atoms with van der Waals surface area (Å²) in [6.45, 7) is 0. The van der Waals surface area contributed by atoms with Crippen LogP contribution in [-0.2, 0) is 11.2 Å². The lowest BCUT2D eigenvalue weighted by molar-refractivity contribution is -0.139. The number of nitrogens with one attached hydrogen (secondary N) is 2. The SMILES string of the molecule is O=C(NC1CCSCC1)N[C@@H](Cc1ccccc1)C(=O)O. The lowest BCUT2D eigenvalue weighted by atomic mass is 10.1. The molecule has 0 spiro atoms. The second kappa shape index (κ2) is 7.93. The zero-order chi connectivity index (χ0) is 15.1. The van der Waals surface area contributed by atoms with Gasteiger partial charge in [-0.3, -0.25) is 0 Å². The van der Waals surface area contributed by atoms with Gasteiger partial charge in [0.15, 0.2) is 0 Å². The van der Waals surface area contributed by atoms with Crippen LogP contribution in [0.4, 0.5) is 4.79 Å². The topological polar surface area (TPSA) is 78.4 Å². The summed E-state index contributed by atoms with van der Waals surface area (Å²) in [5, 5.41) is 14.7. The predicted octanol–water partition coefficient (Wildman–Crippen LogP) is 1.88. The highest BCUT2D eigenvalue weighted by atomic mass is 32.2. The molecule has 2 amide bonds. The van der Waals surface area contributed by atoms with Gasteiger partial charge in [0.05, 0.1) is 0 Å². The van der Waals surface area contributed by atoms with Crippen molar-refractivity contribution in [2.45, 2.75) is 31.3 Å². The van der Waals surface area contributed by atoms with Crippen LogP contribution in [-0.4, -0.2) is 40.7 Å². The molecule has 1 fully saturated rings. The van der Waals surface area contributed by atoms with E-state index in [1.165, 1.54) is 0 Å². The molecule has 2 rings (SSSR count). The van der Waals surface area contributed by atoms with E-state index in [0.29, 0.717) is 0 Å². The first-order valence-corrected chi connectivity index (χ1v) is 8.22. The zero-order valence-corrected chi connectivity index (χ0v) is 12.6. The van der Waals surface area contributed by atoms with Crippen molar-refractivity contribution < 1.29 is 14.7 Å². The second-order valence-electron chi connectivity index (χ2n) is 5.08. The highest BCUT2D eigenvalue weighted by Crippen LogP contribution is 2.16. The molecule has 0 bridgehead atoms. The van der Waals surface area contributed by atoms with E-state index in [1.807, 2.05) is 42.1 Å². The number of amides is 2. The minimum atomic E-state index is -1.02. The first kappa shape index (κ1) is 15.7. The smallest absolute Gasteiger partial charge is 0.326 e. The Morgan fingerprint density at radius 1 is 1.24 bits per heavy atom. The Hall–Kier alpha value is -1.69. The molecule has 6 heteroatoms. The molecular formula is C15H20N2O3S. The fourth-order valence-corrected chi connectivity index (χ4v) is 3.38. The normalized spacial score (nSPS) is 17.0. The maximum absolute atomic E-state index is 11.9. The van der Waals surface area contributed by atoms with E-state index < -0.39 is 18.0 Å². The molecule has 1 atom stereocenters. The summed E-state index contributed by atoms with van der Waals surface area (Å²) < 4.78 is 0. The van der Waals surface area contributed by atoms with Gasteiger partial charge in [0.25, 0.3) is 0 Å². The van der Waals surface area contributed by atoms with Gasteiger partial charge in [-0.2, -0.15) is 11.8 Å². The van der Waals surface area contributed by atoms with Crippen LogP contribution in [0.2, 0.25) is 0 Å². The number of thioether (sulfide) groups is 1. The molecule has 3 N–H and O–H groups in total. The third kappa shape index (κ3) is 5.30. The largest absolute Gasteiger partial charge is 0.480 e. The molecule has 0 saturated carbocycles. The number of urea groups is 1. The molecule has 1 heterocycles. The lowest BCUT2D eigenvalue weighted by Crippen LogP contribution is -2.50. The van der Waals surface area contributed by atoms with Crippen molar-refractivity contribution in [2.24, 2.45) is 0 Å². The van der Waals surface area contributed by atoms with Crippen molar-refractivity contribution in [1.82, 2.24) is 10.6 Å². The van der Waals surface area contributed by atoms with Crippen LogP contribution in [0.25, 0.3) is 0 Å². The van der Waals surface area contributed by atoms with Gasteiger partial charge in [0.1, 0.15) is 6.04 Å². The maximum Gasteiger partial charge on any atom is 0.326 e. The van der Waals surface area contributed by atoms with E-state index in [9.17, 15) is 14.7 Å². The number of rotatable bonds is 5. The van der Waals surface area contributed by atoms with Crippen molar-refractivity contribution in [3.05, 3.63) is 35.9 Å². The van der Waals surface area contributed by atoms with Crippen molar-refractivity contribution in [2.75, 3.05) is 11.5 Å². The van der Waals surface area contributed by atoms with Crippen molar-refractivity contribution in [3.63, 3.8) is 0 Å². The van der Waals surface area contributed by atoms with Gasteiger partial charge in [-0.05, 0) is 29.9 Å². The maximum atomic E-state index is 11.9. The standard InChI is InChI=1S/C15H20N2O3S/c18-14(19)13(10-11-4-2-1-3-5-11)17-15(20)16-12-6-8-21-9-7-12/h1-5,12-13H,6-10H2,(H,18,19)(H2,16,17,20)/t13-/m0/s1. The molecule has 0 radical (unpaired) electrons. The average Bonchev–Trinajstić information content (AvgIpc) is 2.48. The van der Waals surface area contributed by atoms with Gasteiger partial charge in [-0.15, -0.1) is 0 Å². The molecular weight excluding hydrogens is 288 g/mol. The second-order valence-corrected chi connectivity index (χ2v) is 6.31. The van der Waals surface area contributed by atoms with Crippen LogP contribution in [0, 0.1) is 0 Å². The molecule has 1 aliphatic heterocycles. The van der Waals surface area contributed by atoms with E-state index >= 15 is 0 Å². The number of carboxylic acids is 1. The zero-order valence-electron chi connectivity index (χ0n) is 11.7. The van der Waals surface area contributed by atoms with Crippen molar-refractivity contribution >= 4 is 23.8 Å². The summed E-state index contributed by atoms with van der Waals surface area (Å²) in [4.78, 5) is 23.2. The Labute approximate surface area is 128 Å². The summed E-state index contributed by atoms with van der Waals surface area (Å²) >= 11 is 1.88. The average molecular weight is 308 g/mol. The Kier molecular flexibility index (Phi) is 5.92. The summed E-state index contributed by atoms with van der Waals surface area (Å²) in [7, 11) is 0. The monoisotopic (exact) mass is 308 g/mol. The Bertz CT molecular complexity index is 475. The molecule has 114 valence electrons. The first-order chi connectivity index (χ1) is 10.1. The van der Waals surface area contributed by atoms with E-state index in [4.69, 9.17) is 0 Å². The van der Waals surface area contributed by atoms with Crippen LogP contribution >= 0.6 is 11.8 Å². The van der Waals surface area contributed by atoms with Gasteiger partial charge >= 0.3 is 12.0 Å². The molecule has 0 unspecified atom stereocenters. The van der Waals surface area contributed by atoms with Gasteiger partial charge < -0.3 is 15.7 Å². The Balaban J connectivity index is 1.86. The third-order valence-electron chi connectivity index (χ3n) is 3.44. The quantitative estimate of drug-likeness (QED) is 0.776. The Morgan fingerprint density at radius 2 is 1.90 bits per heavy atom. The Morgan fingerprint density at radius 3 is 2.52 bits per heavy atom. The lowest BCUT2D eigenvalue weighted by Gasteiger charge is -2.24. The molecule has 0 aliphatic carbocycles. The van der Waals surface area contributed by atoms with Crippen LogP contribution in [0.15, 0.2) is 30.3 Å². The molecule has 1 aromatic carbocycles. The number of carboxylic acid groups (broad SMARTS) is 1. The minimum absolute atomic E-state index is 0.150. The van der Waals surface area contributed by atoms with E-state index in [-0.39, 0.29) is 12.5 Å². The van der Waals surface area contributed by atoms with Crippen molar-refractivity contribution in [3.8, 4) is 0 Å². The number of carbonyl (C=O) groups excluding carboxylic acids is 1. The van der Waals surface area contributed by atoms with Gasteiger partial charge in [-0.25, -0.2) is 9.59 Å². The van der Waals surface area contributed by atoms with E-state index in [2.05, 4.69) is 10.6 Å². The molecule has 5 nitrogen and oxygen atoms in total. The summed E-state index contributed by atoms with van der Waals surface area (Å²) in [5.74, 6) is 1.06. The first-order valence-electron chi connectivity index (χ1n) is 7.06. The highest BCUT2D eigenvalue weighted by Gasteiger charge is 2.22. The fraction of sp³-hybridized carbons (Fsp3) is 0.467. The summed E-state index contributed by atoms with van der Waals surface area (Å²) in [6, 6.07) is 8.14. The number of carbonyl (C=O) groups is 2. The third-order valence-corrected chi connectivity index (χ3v) is 4.49. The number of hydrogen-bond donors (Lipinski definition) is 3. The summed E-state index contributed by atoms with van der Waals surface area (Å²) in [5.41, 5.74) is 0.888. The molecule has 21 heavy (non-hydrogen) atoms. The molecule has 0 aromatic heterocycles. The molecule has 1 aliphatic rings. The number of hydrogen-bond acceptors (Lipinski definition) is 3. The van der Waals surface area contributed by atoms with Gasteiger partial charge in [0.2, 0.25) is 0 Å². The van der Waals surface area contributed by atoms with Crippen LogP contribution < -0.4 is 10.6 Å². The van der Waals surface area contributed by atoms with Gasteiger partial charge in [-0.1, -0.05) is 30.3 Å².